The molecule has 2 aromatic rings. The van der Waals surface area contributed by atoms with Gasteiger partial charge >= 0.3 is 0 Å². The van der Waals surface area contributed by atoms with E-state index in [0.717, 1.165) is 5.56 Å². The summed E-state index contributed by atoms with van der Waals surface area (Å²) in [5, 5.41) is 0.472. The van der Waals surface area contributed by atoms with Crippen LogP contribution < -0.4 is 10.0 Å². The number of anilines is 2. The third-order valence-corrected chi connectivity index (χ3v) is 6.46. The zero-order valence-electron chi connectivity index (χ0n) is 10.9. The molecule has 0 unspecified atom stereocenters. The molecule has 0 bridgehead atoms. The molecule has 0 saturated carbocycles. The first-order valence-corrected chi connectivity index (χ1v) is 8.87. The van der Waals surface area contributed by atoms with Gasteiger partial charge in [0.25, 0.3) is 10.0 Å². The van der Waals surface area contributed by atoms with E-state index >= 15 is 0 Å². The van der Waals surface area contributed by atoms with Crippen LogP contribution in [-0.2, 0) is 16.4 Å². The molecule has 0 aromatic heterocycles. The van der Waals surface area contributed by atoms with Crippen molar-refractivity contribution in [2.45, 2.75) is 11.3 Å². The van der Waals surface area contributed by atoms with Crippen LogP contribution in [-0.4, -0.2) is 15.0 Å². The van der Waals surface area contributed by atoms with Crippen LogP contribution >= 0.6 is 27.5 Å². The van der Waals surface area contributed by atoms with Gasteiger partial charge in [-0.1, -0.05) is 17.7 Å². The number of fused-ring (bicyclic) bond motifs is 1. The lowest BCUT2D eigenvalue weighted by molar-refractivity contribution is 0.592. The largest absolute Gasteiger partial charge is 0.399 e. The second kappa shape index (κ2) is 5.19. The molecule has 4 nitrogen and oxygen atoms in total. The van der Waals surface area contributed by atoms with E-state index in [-0.39, 0.29) is 4.90 Å². The molecule has 0 amide bonds. The van der Waals surface area contributed by atoms with E-state index in [4.69, 9.17) is 17.3 Å². The van der Waals surface area contributed by atoms with Crippen LogP contribution in [0.25, 0.3) is 0 Å². The van der Waals surface area contributed by atoms with Crippen LogP contribution in [0.4, 0.5) is 11.4 Å². The number of sulfonamides is 1. The summed E-state index contributed by atoms with van der Waals surface area (Å²) >= 11 is 9.18. The number of nitrogen functional groups attached to an aromatic ring is 1. The fourth-order valence-corrected chi connectivity index (χ4v) is 4.55. The molecule has 2 aromatic carbocycles. The van der Waals surface area contributed by atoms with Crippen molar-refractivity contribution in [1.82, 2.24) is 0 Å². The number of nitrogens with zero attached hydrogens (tertiary/aromatic N) is 1. The molecule has 0 radical (unpaired) electrons. The first-order chi connectivity index (χ1) is 9.89. The van der Waals surface area contributed by atoms with Crippen molar-refractivity contribution in [2.75, 3.05) is 16.6 Å². The van der Waals surface area contributed by atoms with E-state index in [9.17, 15) is 8.42 Å². The monoisotopic (exact) mass is 386 g/mol. The van der Waals surface area contributed by atoms with Gasteiger partial charge < -0.3 is 5.73 Å². The highest BCUT2D eigenvalue weighted by Crippen LogP contribution is 2.35. The quantitative estimate of drug-likeness (QED) is 0.803. The maximum Gasteiger partial charge on any atom is 0.264 e. The van der Waals surface area contributed by atoms with Crippen LogP contribution in [0.15, 0.2) is 45.8 Å². The van der Waals surface area contributed by atoms with Gasteiger partial charge in [-0.3, -0.25) is 4.31 Å². The Labute approximate surface area is 136 Å². The molecule has 7 heteroatoms. The minimum Gasteiger partial charge on any atom is -0.399 e. The molecule has 110 valence electrons. The highest BCUT2D eigenvalue weighted by Gasteiger charge is 2.31. The maximum absolute atomic E-state index is 12.8. The lowest BCUT2D eigenvalue weighted by Crippen LogP contribution is -2.29. The molecule has 0 atom stereocenters. The molecular weight excluding hydrogens is 376 g/mol. The lowest BCUT2D eigenvalue weighted by atomic mass is 10.1. The van der Waals surface area contributed by atoms with Crippen LogP contribution in [0.5, 0.6) is 0 Å². The van der Waals surface area contributed by atoms with Crippen molar-refractivity contribution in [3.05, 3.63) is 51.5 Å². The van der Waals surface area contributed by atoms with Crippen molar-refractivity contribution >= 4 is 48.9 Å². The van der Waals surface area contributed by atoms with Gasteiger partial charge in [0.05, 0.1) is 15.6 Å². The first kappa shape index (κ1) is 14.7. The van der Waals surface area contributed by atoms with Gasteiger partial charge in [-0.25, -0.2) is 8.42 Å². The van der Waals surface area contributed by atoms with E-state index in [1.807, 2.05) is 6.07 Å². The molecule has 3 rings (SSSR count). The minimum atomic E-state index is -3.62. The summed E-state index contributed by atoms with van der Waals surface area (Å²) in [7, 11) is -3.62. The Hall–Kier alpha value is -1.24. The number of nitrogens with two attached hydrogens (primary N) is 1. The number of benzene rings is 2. The molecule has 0 fully saturated rings. The third kappa shape index (κ3) is 2.52. The Morgan fingerprint density at radius 3 is 2.67 bits per heavy atom. The van der Waals surface area contributed by atoms with Gasteiger partial charge in [0, 0.05) is 16.7 Å². The third-order valence-electron chi connectivity index (χ3n) is 3.44. The van der Waals surface area contributed by atoms with E-state index in [2.05, 4.69) is 15.9 Å². The fraction of sp³-hybridized carbons (Fsp3) is 0.143. The van der Waals surface area contributed by atoms with Gasteiger partial charge in [0.2, 0.25) is 0 Å². The highest BCUT2D eigenvalue weighted by molar-refractivity contribution is 9.10. The molecule has 1 aliphatic rings. The van der Waals surface area contributed by atoms with Crippen molar-refractivity contribution in [3.8, 4) is 0 Å². The first-order valence-electron chi connectivity index (χ1n) is 6.26. The molecule has 0 saturated heterocycles. The van der Waals surface area contributed by atoms with Gasteiger partial charge in [0.1, 0.15) is 0 Å². The standard InChI is InChI=1S/C14H12BrClN2O2S/c15-12-8-11(3-4-13(12)16)21(19,20)18-6-5-9-1-2-10(17)7-14(9)18/h1-4,7-8H,5-6,17H2. The van der Waals surface area contributed by atoms with Crippen LogP contribution in [0.2, 0.25) is 5.02 Å². The second-order valence-corrected chi connectivity index (χ2v) is 7.92. The molecule has 0 spiro atoms. The Morgan fingerprint density at radius 2 is 1.95 bits per heavy atom. The molecule has 0 aliphatic carbocycles. The van der Waals surface area contributed by atoms with Gasteiger partial charge in [0.15, 0.2) is 0 Å². The summed E-state index contributed by atoms with van der Waals surface area (Å²) in [5.41, 5.74) is 7.96. The Kier molecular flexibility index (Phi) is 3.63. The Morgan fingerprint density at radius 1 is 1.19 bits per heavy atom. The van der Waals surface area contributed by atoms with E-state index in [0.29, 0.717) is 33.8 Å². The summed E-state index contributed by atoms with van der Waals surface area (Å²) in [4.78, 5) is 0.203. The predicted octanol–water partition coefficient (Wildman–Crippen LogP) is 3.44. The Balaban J connectivity index is 2.09. The van der Waals surface area contributed by atoms with Crippen LogP contribution in [0.3, 0.4) is 0 Å². The molecule has 21 heavy (non-hydrogen) atoms. The average Bonchev–Trinajstić information content (AvgIpc) is 2.85. The van der Waals surface area contributed by atoms with Gasteiger partial charge in [-0.2, -0.15) is 0 Å². The minimum absolute atomic E-state index is 0.203. The number of hydrogen-bond donors (Lipinski definition) is 1. The van der Waals surface area contributed by atoms with Crippen LogP contribution in [0.1, 0.15) is 5.56 Å². The summed E-state index contributed by atoms with van der Waals surface area (Å²) in [6.07, 6.45) is 0.684. The van der Waals surface area contributed by atoms with E-state index in [1.54, 1.807) is 18.2 Å². The average molecular weight is 388 g/mol. The number of hydrogen-bond acceptors (Lipinski definition) is 3. The Bertz CT molecular complexity index is 824. The maximum atomic E-state index is 12.8. The summed E-state index contributed by atoms with van der Waals surface area (Å²) in [6, 6.07) is 9.94. The summed E-state index contributed by atoms with van der Waals surface area (Å²) in [5.74, 6) is 0. The van der Waals surface area contributed by atoms with Crippen LogP contribution in [0, 0.1) is 0 Å². The smallest absolute Gasteiger partial charge is 0.264 e. The summed E-state index contributed by atoms with van der Waals surface area (Å²) < 4.78 is 27.5. The van der Waals surface area contributed by atoms with Gasteiger partial charge in [-0.15, -0.1) is 0 Å². The molecule has 1 heterocycles. The number of rotatable bonds is 2. The second-order valence-electron chi connectivity index (χ2n) is 4.79. The van der Waals surface area contributed by atoms with Crippen molar-refractivity contribution in [3.63, 3.8) is 0 Å². The highest BCUT2D eigenvalue weighted by atomic mass is 79.9. The topological polar surface area (TPSA) is 63.4 Å². The molecular formula is C14H12BrClN2O2S. The normalized spacial score (nSPS) is 14.3. The predicted molar refractivity (Wildman–Crippen MR) is 88.2 cm³/mol. The number of halogens is 2. The SMILES string of the molecule is Nc1ccc2c(c1)N(S(=O)(=O)c1ccc(Cl)c(Br)c1)CC2. The molecule has 2 N–H and O–H groups in total. The van der Waals surface area contributed by atoms with Crippen molar-refractivity contribution in [2.24, 2.45) is 0 Å². The van der Waals surface area contributed by atoms with E-state index < -0.39 is 10.0 Å². The molecule has 1 aliphatic heterocycles. The van der Waals surface area contributed by atoms with Crippen molar-refractivity contribution in [1.29, 1.82) is 0 Å². The van der Waals surface area contributed by atoms with E-state index in [1.165, 1.54) is 16.4 Å². The zero-order valence-corrected chi connectivity index (χ0v) is 14.0. The van der Waals surface area contributed by atoms with Crippen molar-refractivity contribution < 1.29 is 8.42 Å². The fourth-order valence-electron chi connectivity index (χ4n) is 2.38. The lowest BCUT2D eigenvalue weighted by Gasteiger charge is -2.20. The summed E-state index contributed by atoms with van der Waals surface area (Å²) in [6.45, 7) is 0.418. The van der Waals surface area contributed by atoms with Gasteiger partial charge in [-0.05, 0) is 58.2 Å². The zero-order chi connectivity index (χ0) is 15.2.